The van der Waals surface area contributed by atoms with Crippen LogP contribution in [-0.4, -0.2) is 30.2 Å². The molecular formula is C21H24N2O5. The van der Waals surface area contributed by atoms with Gasteiger partial charge in [0.1, 0.15) is 5.60 Å². The second-order valence-corrected chi connectivity index (χ2v) is 7.04. The fourth-order valence-electron chi connectivity index (χ4n) is 2.18. The topological polar surface area (TPSA) is 93.7 Å². The minimum atomic E-state index is -0.602. The van der Waals surface area contributed by atoms with Crippen LogP contribution in [0.1, 0.15) is 36.7 Å². The van der Waals surface area contributed by atoms with Crippen LogP contribution >= 0.6 is 0 Å². The molecule has 0 saturated carbocycles. The number of hydrogen-bond donors (Lipinski definition) is 2. The van der Waals surface area contributed by atoms with Gasteiger partial charge < -0.3 is 20.1 Å². The highest BCUT2D eigenvalue weighted by atomic mass is 16.6. The third-order valence-electron chi connectivity index (χ3n) is 3.42. The number of anilines is 1. The quantitative estimate of drug-likeness (QED) is 0.744. The van der Waals surface area contributed by atoms with E-state index in [0.717, 1.165) is 5.56 Å². The van der Waals surface area contributed by atoms with Crippen molar-refractivity contribution in [1.29, 1.82) is 0 Å². The summed E-state index contributed by atoms with van der Waals surface area (Å²) >= 11 is 0. The Kier molecular flexibility index (Phi) is 7.14. The predicted octanol–water partition coefficient (Wildman–Crippen LogP) is 3.51. The highest BCUT2D eigenvalue weighted by Gasteiger charge is 2.16. The van der Waals surface area contributed by atoms with Gasteiger partial charge in [-0.15, -0.1) is 0 Å². The number of nitrogens with one attached hydrogen (secondary N) is 2. The van der Waals surface area contributed by atoms with Gasteiger partial charge in [0.2, 0.25) is 0 Å². The lowest BCUT2D eigenvalue weighted by atomic mass is 10.1. The van der Waals surface area contributed by atoms with Crippen molar-refractivity contribution >= 4 is 23.7 Å². The maximum Gasteiger partial charge on any atom is 0.407 e. The smallest absolute Gasteiger partial charge is 0.407 e. The number of carbonyl (C=O) groups is 3. The van der Waals surface area contributed by atoms with Crippen molar-refractivity contribution in [2.24, 2.45) is 0 Å². The largest absolute Gasteiger partial charge is 0.452 e. The maximum atomic E-state index is 12.0. The molecule has 2 aromatic carbocycles. The third kappa shape index (κ3) is 7.49. The molecule has 2 aromatic rings. The van der Waals surface area contributed by atoms with Crippen molar-refractivity contribution in [3.63, 3.8) is 0 Å². The van der Waals surface area contributed by atoms with Crippen molar-refractivity contribution in [2.45, 2.75) is 32.9 Å². The molecule has 0 aromatic heterocycles. The first kappa shape index (κ1) is 21.0. The summed E-state index contributed by atoms with van der Waals surface area (Å²) in [6, 6.07) is 15.4. The number of alkyl carbamates (subject to hydrolysis) is 1. The molecule has 0 bridgehead atoms. The van der Waals surface area contributed by atoms with Gasteiger partial charge in [-0.05, 0) is 50.6 Å². The number of hydrogen-bond acceptors (Lipinski definition) is 5. The average molecular weight is 384 g/mol. The SMILES string of the molecule is CC(C)(C)OC(=O)NCc1ccc(C(=O)OCC(=O)Nc2ccccc2)cc1. The van der Waals surface area contributed by atoms with Crippen LogP contribution in [0.25, 0.3) is 0 Å². The van der Waals surface area contributed by atoms with Crippen LogP contribution in [0.5, 0.6) is 0 Å². The van der Waals surface area contributed by atoms with Gasteiger partial charge in [0, 0.05) is 12.2 Å². The Bertz CT molecular complexity index is 811. The van der Waals surface area contributed by atoms with Gasteiger partial charge in [0.15, 0.2) is 6.61 Å². The molecule has 148 valence electrons. The van der Waals surface area contributed by atoms with Gasteiger partial charge in [0.05, 0.1) is 5.56 Å². The van der Waals surface area contributed by atoms with E-state index in [0.29, 0.717) is 11.3 Å². The Hall–Kier alpha value is -3.35. The predicted molar refractivity (Wildman–Crippen MR) is 105 cm³/mol. The highest BCUT2D eigenvalue weighted by molar-refractivity contribution is 5.95. The van der Waals surface area contributed by atoms with Crippen LogP contribution in [0.15, 0.2) is 54.6 Å². The van der Waals surface area contributed by atoms with Gasteiger partial charge in [-0.2, -0.15) is 0 Å². The summed E-state index contributed by atoms with van der Waals surface area (Å²) in [7, 11) is 0. The lowest BCUT2D eigenvalue weighted by molar-refractivity contribution is -0.119. The molecule has 0 aliphatic carbocycles. The molecule has 2 amide bonds. The van der Waals surface area contributed by atoms with E-state index in [-0.39, 0.29) is 13.2 Å². The van der Waals surface area contributed by atoms with E-state index in [1.165, 1.54) is 0 Å². The molecule has 28 heavy (non-hydrogen) atoms. The summed E-state index contributed by atoms with van der Waals surface area (Å²) in [5, 5.41) is 5.27. The summed E-state index contributed by atoms with van der Waals surface area (Å²) in [5.41, 5.74) is 1.17. The van der Waals surface area contributed by atoms with E-state index in [9.17, 15) is 14.4 Å². The van der Waals surface area contributed by atoms with Gasteiger partial charge in [0.25, 0.3) is 5.91 Å². The third-order valence-corrected chi connectivity index (χ3v) is 3.42. The second-order valence-electron chi connectivity index (χ2n) is 7.04. The maximum absolute atomic E-state index is 12.0. The summed E-state index contributed by atoms with van der Waals surface area (Å²) in [6.45, 7) is 5.24. The number of benzene rings is 2. The molecule has 0 fully saturated rings. The van der Waals surface area contributed by atoms with Crippen LogP contribution < -0.4 is 10.6 Å². The Balaban J connectivity index is 1.78. The van der Waals surface area contributed by atoms with Crippen LogP contribution in [0, 0.1) is 0 Å². The number of amides is 2. The number of carbonyl (C=O) groups excluding carboxylic acids is 3. The van der Waals surface area contributed by atoms with Gasteiger partial charge in [-0.1, -0.05) is 30.3 Å². The summed E-state index contributed by atoms with van der Waals surface area (Å²) in [4.78, 5) is 35.5. The molecule has 0 atom stereocenters. The molecule has 0 saturated heterocycles. The lowest BCUT2D eigenvalue weighted by Gasteiger charge is -2.19. The van der Waals surface area contributed by atoms with Crippen molar-refractivity contribution in [3.05, 3.63) is 65.7 Å². The van der Waals surface area contributed by atoms with E-state index >= 15 is 0 Å². The molecule has 2 N–H and O–H groups in total. The number of rotatable bonds is 6. The Morgan fingerprint density at radius 1 is 0.929 bits per heavy atom. The van der Waals surface area contributed by atoms with Crippen molar-refractivity contribution < 1.29 is 23.9 Å². The summed E-state index contributed by atoms with van der Waals surface area (Å²) < 4.78 is 10.2. The van der Waals surface area contributed by atoms with E-state index in [1.807, 2.05) is 6.07 Å². The van der Waals surface area contributed by atoms with Crippen LogP contribution in [-0.2, 0) is 20.8 Å². The number of ether oxygens (including phenoxy) is 2. The van der Waals surface area contributed by atoms with Gasteiger partial charge in [-0.25, -0.2) is 9.59 Å². The first-order chi connectivity index (χ1) is 13.2. The minimum absolute atomic E-state index is 0.268. The van der Waals surface area contributed by atoms with Crippen molar-refractivity contribution in [3.8, 4) is 0 Å². The monoisotopic (exact) mass is 384 g/mol. The molecule has 7 nitrogen and oxygen atoms in total. The zero-order chi connectivity index (χ0) is 20.6. The standard InChI is InChI=1S/C21H24N2O5/c1-21(2,3)28-20(26)22-13-15-9-11-16(12-10-15)19(25)27-14-18(24)23-17-7-5-4-6-8-17/h4-12H,13-14H2,1-3H3,(H,22,26)(H,23,24). The van der Waals surface area contributed by atoms with Crippen molar-refractivity contribution in [2.75, 3.05) is 11.9 Å². The van der Waals surface area contributed by atoms with Gasteiger partial charge in [-0.3, -0.25) is 4.79 Å². The van der Waals surface area contributed by atoms with Gasteiger partial charge >= 0.3 is 12.1 Å². The van der Waals surface area contributed by atoms with E-state index < -0.39 is 23.6 Å². The number of para-hydroxylation sites is 1. The average Bonchev–Trinajstić information content (AvgIpc) is 2.64. The number of esters is 1. The second kappa shape index (κ2) is 9.55. The molecule has 0 aliphatic heterocycles. The lowest BCUT2D eigenvalue weighted by Crippen LogP contribution is -2.32. The molecule has 0 spiro atoms. The fourth-order valence-corrected chi connectivity index (χ4v) is 2.18. The van der Waals surface area contributed by atoms with E-state index in [2.05, 4.69) is 10.6 Å². The Morgan fingerprint density at radius 2 is 1.57 bits per heavy atom. The zero-order valence-corrected chi connectivity index (χ0v) is 16.2. The fraction of sp³-hybridized carbons (Fsp3) is 0.286. The Labute approximate surface area is 164 Å². The molecule has 2 rings (SSSR count). The molecule has 0 aliphatic rings. The van der Waals surface area contributed by atoms with E-state index in [4.69, 9.17) is 9.47 Å². The highest BCUT2D eigenvalue weighted by Crippen LogP contribution is 2.09. The summed E-state index contributed by atoms with van der Waals surface area (Å²) in [5.74, 6) is -1.02. The van der Waals surface area contributed by atoms with Crippen LogP contribution in [0.2, 0.25) is 0 Å². The summed E-state index contributed by atoms with van der Waals surface area (Å²) in [6.07, 6.45) is -0.514. The molecule has 0 radical (unpaired) electrons. The first-order valence-corrected chi connectivity index (χ1v) is 8.81. The zero-order valence-electron chi connectivity index (χ0n) is 16.2. The van der Waals surface area contributed by atoms with E-state index in [1.54, 1.807) is 69.3 Å². The normalized spacial score (nSPS) is 10.7. The Morgan fingerprint density at radius 3 is 2.18 bits per heavy atom. The van der Waals surface area contributed by atoms with Crippen LogP contribution in [0.4, 0.5) is 10.5 Å². The first-order valence-electron chi connectivity index (χ1n) is 8.81. The molecule has 0 unspecified atom stereocenters. The molecule has 0 heterocycles. The molecule has 7 heteroatoms. The molecular weight excluding hydrogens is 360 g/mol. The van der Waals surface area contributed by atoms with Crippen LogP contribution in [0.3, 0.4) is 0 Å². The van der Waals surface area contributed by atoms with Crippen molar-refractivity contribution in [1.82, 2.24) is 5.32 Å². The minimum Gasteiger partial charge on any atom is -0.452 e.